The molecular formula is C19H12BrF3N4OS. The van der Waals surface area contributed by atoms with E-state index in [2.05, 4.69) is 31.9 Å². The van der Waals surface area contributed by atoms with Gasteiger partial charge in [-0.2, -0.15) is 5.10 Å². The number of fused-ring (bicyclic) bond motifs is 1. The van der Waals surface area contributed by atoms with E-state index >= 15 is 0 Å². The standard InChI is InChI=1S/C19H12BrF3N4OS/c1-9-13-8-16(18(28)25-24-17-14(20)6-11(22)7-15(17)23)29-19(13)27(26-9)12-4-2-10(21)3-5-12/h2-8,24H,1H3,(H,25,28). The fraction of sp³-hybridized carbons (Fsp3) is 0.0526. The fourth-order valence-electron chi connectivity index (χ4n) is 2.76. The molecule has 0 unspecified atom stereocenters. The van der Waals surface area contributed by atoms with Gasteiger partial charge in [0, 0.05) is 15.9 Å². The van der Waals surface area contributed by atoms with Gasteiger partial charge in [-0.15, -0.1) is 11.3 Å². The second-order valence-corrected chi connectivity index (χ2v) is 8.01. The van der Waals surface area contributed by atoms with Gasteiger partial charge in [-0.1, -0.05) is 0 Å². The Labute approximate surface area is 175 Å². The van der Waals surface area contributed by atoms with Crippen LogP contribution in [0.4, 0.5) is 18.9 Å². The number of anilines is 1. The molecule has 2 heterocycles. The first kappa shape index (κ1) is 19.5. The average molecular weight is 481 g/mol. The first-order valence-electron chi connectivity index (χ1n) is 8.29. The highest BCUT2D eigenvalue weighted by molar-refractivity contribution is 9.10. The largest absolute Gasteiger partial charge is 0.294 e. The van der Waals surface area contributed by atoms with E-state index in [1.807, 2.05) is 0 Å². The summed E-state index contributed by atoms with van der Waals surface area (Å²) in [5.74, 6) is -2.44. The summed E-state index contributed by atoms with van der Waals surface area (Å²) < 4.78 is 42.0. The van der Waals surface area contributed by atoms with Gasteiger partial charge in [-0.05, 0) is 59.3 Å². The molecule has 148 valence electrons. The molecule has 0 saturated heterocycles. The van der Waals surface area contributed by atoms with Crippen LogP contribution < -0.4 is 10.9 Å². The molecule has 0 spiro atoms. The normalized spacial score (nSPS) is 11.1. The molecule has 0 atom stereocenters. The summed E-state index contributed by atoms with van der Waals surface area (Å²) in [6.07, 6.45) is 0. The van der Waals surface area contributed by atoms with Crippen molar-refractivity contribution in [2.24, 2.45) is 0 Å². The lowest BCUT2D eigenvalue weighted by atomic mass is 10.3. The highest BCUT2D eigenvalue weighted by atomic mass is 79.9. The quantitative estimate of drug-likeness (QED) is 0.388. The van der Waals surface area contributed by atoms with Crippen molar-refractivity contribution < 1.29 is 18.0 Å². The lowest BCUT2D eigenvalue weighted by Crippen LogP contribution is -2.29. The maximum atomic E-state index is 13.9. The van der Waals surface area contributed by atoms with E-state index in [0.29, 0.717) is 27.2 Å². The number of hydrogen-bond donors (Lipinski definition) is 2. The third kappa shape index (κ3) is 3.73. The molecule has 0 bridgehead atoms. The molecule has 0 fully saturated rings. The van der Waals surface area contributed by atoms with Crippen LogP contribution in [0.1, 0.15) is 15.4 Å². The fourth-order valence-corrected chi connectivity index (χ4v) is 4.34. The number of aryl methyl sites for hydroxylation is 1. The summed E-state index contributed by atoms with van der Waals surface area (Å²) in [5, 5.41) is 5.22. The maximum absolute atomic E-state index is 13.9. The lowest BCUT2D eigenvalue weighted by molar-refractivity contribution is 0.0966. The van der Waals surface area contributed by atoms with Crippen molar-refractivity contribution in [3.8, 4) is 5.69 Å². The van der Waals surface area contributed by atoms with Crippen LogP contribution in [0, 0.1) is 24.4 Å². The van der Waals surface area contributed by atoms with Crippen LogP contribution in [0.2, 0.25) is 0 Å². The summed E-state index contributed by atoms with van der Waals surface area (Å²) in [4.78, 5) is 13.6. The Morgan fingerprint density at radius 2 is 1.83 bits per heavy atom. The number of nitrogens with zero attached hydrogens (tertiary/aromatic N) is 2. The van der Waals surface area contributed by atoms with E-state index in [9.17, 15) is 18.0 Å². The van der Waals surface area contributed by atoms with Crippen molar-refractivity contribution in [2.75, 3.05) is 5.43 Å². The predicted molar refractivity (Wildman–Crippen MR) is 109 cm³/mol. The number of carbonyl (C=O) groups excluding carboxylic acids is 1. The molecule has 0 aliphatic carbocycles. The molecule has 10 heteroatoms. The maximum Gasteiger partial charge on any atom is 0.279 e. The number of nitrogens with one attached hydrogen (secondary N) is 2. The van der Waals surface area contributed by atoms with Crippen LogP contribution in [-0.2, 0) is 0 Å². The molecule has 2 N–H and O–H groups in total. The number of thiophene rings is 1. The van der Waals surface area contributed by atoms with E-state index in [0.717, 1.165) is 11.5 Å². The smallest absolute Gasteiger partial charge is 0.279 e. The van der Waals surface area contributed by atoms with Gasteiger partial charge in [-0.25, -0.2) is 17.9 Å². The third-order valence-electron chi connectivity index (χ3n) is 4.15. The van der Waals surface area contributed by atoms with E-state index in [4.69, 9.17) is 0 Å². The summed E-state index contributed by atoms with van der Waals surface area (Å²) in [5.41, 5.74) is 6.15. The first-order valence-corrected chi connectivity index (χ1v) is 9.90. The number of halogens is 4. The van der Waals surface area contributed by atoms with Crippen molar-refractivity contribution >= 4 is 49.1 Å². The van der Waals surface area contributed by atoms with Crippen molar-refractivity contribution in [1.82, 2.24) is 15.2 Å². The SMILES string of the molecule is Cc1nn(-c2ccc(F)cc2)c2sc(C(=O)NNc3c(F)cc(F)cc3Br)cc12. The summed E-state index contributed by atoms with van der Waals surface area (Å²) in [7, 11) is 0. The average Bonchev–Trinajstić information content (AvgIpc) is 3.22. The Kier molecular flexibility index (Phi) is 5.05. The number of hydrogen-bond acceptors (Lipinski definition) is 4. The van der Waals surface area contributed by atoms with Gasteiger partial charge < -0.3 is 0 Å². The minimum absolute atomic E-state index is 0.0884. The second kappa shape index (κ2) is 7.53. The van der Waals surface area contributed by atoms with E-state index in [1.165, 1.54) is 23.5 Å². The number of aromatic nitrogens is 2. The summed E-state index contributed by atoms with van der Waals surface area (Å²) in [6, 6.07) is 9.32. The Hall–Kier alpha value is -2.85. The van der Waals surface area contributed by atoms with E-state index in [1.54, 1.807) is 29.8 Å². The van der Waals surface area contributed by atoms with Gasteiger partial charge in [0.2, 0.25) is 0 Å². The number of benzene rings is 2. The van der Waals surface area contributed by atoms with Gasteiger partial charge in [0.05, 0.1) is 16.3 Å². The Balaban J connectivity index is 1.61. The molecule has 4 aromatic rings. The monoisotopic (exact) mass is 480 g/mol. The Morgan fingerprint density at radius 3 is 2.52 bits per heavy atom. The van der Waals surface area contributed by atoms with Gasteiger partial charge in [0.15, 0.2) is 5.82 Å². The van der Waals surface area contributed by atoms with Crippen molar-refractivity contribution in [1.29, 1.82) is 0 Å². The van der Waals surface area contributed by atoms with Gasteiger partial charge in [0.1, 0.15) is 22.2 Å². The molecular weight excluding hydrogens is 469 g/mol. The van der Waals surface area contributed by atoms with Crippen LogP contribution >= 0.6 is 27.3 Å². The number of carbonyl (C=O) groups is 1. The van der Waals surface area contributed by atoms with Crippen LogP contribution in [0.5, 0.6) is 0 Å². The van der Waals surface area contributed by atoms with Crippen LogP contribution in [0.25, 0.3) is 15.9 Å². The summed E-state index contributed by atoms with van der Waals surface area (Å²) >= 11 is 4.23. The molecule has 0 radical (unpaired) electrons. The molecule has 0 aliphatic rings. The van der Waals surface area contributed by atoms with Crippen LogP contribution in [0.3, 0.4) is 0 Å². The molecule has 4 rings (SSSR count). The number of hydrazine groups is 1. The van der Waals surface area contributed by atoms with Crippen LogP contribution in [-0.4, -0.2) is 15.7 Å². The minimum Gasteiger partial charge on any atom is -0.294 e. The number of rotatable bonds is 4. The van der Waals surface area contributed by atoms with Gasteiger partial charge in [-0.3, -0.25) is 15.6 Å². The van der Waals surface area contributed by atoms with E-state index < -0.39 is 17.5 Å². The molecule has 2 aromatic heterocycles. The lowest BCUT2D eigenvalue weighted by Gasteiger charge is -2.10. The molecule has 0 saturated carbocycles. The van der Waals surface area contributed by atoms with Crippen molar-refractivity contribution in [2.45, 2.75) is 6.92 Å². The first-order chi connectivity index (χ1) is 13.8. The van der Waals surface area contributed by atoms with Gasteiger partial charge in [0.25, 0.3) is 5.91 Å². The molecule has 5 nitrogen and oxygen atoms in total. The Morgan fingerprint density at radius 1 is 1.10 bits per heavy atom. The topological polar surface area (TPSA) is 59.0 Å². The zero-order valence-electron chi connectivity index (χ0n) is 14.8. The van der Waals surface area contributed by atoms with E-state index in [-0.39, 0.29) is 16.0 Å². The highest BCUT2D eigenvalue weighted by Crippen LogP contribution is 2.31. The third-order valence-corrected chi connectivity index (χ3v) is 5.88. The zero-order valence-corrected chi connectivity index (χ0v) is 17.2. The highest BCUT2D eigenvalue weighted by Gasteiger charge is 2.18. The van der Waals surface area contributed by atoms with Crippen LogP contribution in [0.15, 0.2) is 46.9 Å². The molecule has 2 aromatic carbocycles. The predicted octanol–water partition coefficient (Wildman–Crippen LogP) is 5.33. The molecule has 1 amide bonds. The minimum atomic E-state index is -0.851. The van der Waals surface area contributed by atoms with Gasteiger partial charge >= 0.3 is 0 Å². The Bertz CT molecular complexity index is 1210. The zero-order chi connectivity index (χ0) is 20.7. The molecule has 29 heavy (non-hydrogen) atoms. The molecule has 0 aliphatic heterocycles. The number of amides is 1. The second-order valence-electron chi connectivity index (χ2n) is 6.13. The van der Waals surface area contributed by atoms with Crippen molar-refractivity contribution in [3.63, 3.8) is 0 Å². The summed E-state index contributed by atoms with van der Waals surface area (Å²) in [6.45, 7) is 1.81. The van der Waals surface area contributed by atoms with Crippen molar-refractivity contribution in [3.05, 3.63) is 75.0 Å².